The maximum atomic E-state index is 4.70. The number of fused-ring (bicyclic) bond motifs is 1. The van der Waals surface area contributed by atoms with Gasteiger partial charge < -0.3 is 0 Å². The van der Waals surface area contributed by atoms with Crippen molar-refractivity contribution in [3.63, 3.8) is 0 Å². The van der Waals surface area contributed by atoms with Crippen LogP contribution in [0, 0.1) is 38.0 Å². The Bertz CT molecular complexity index is 736. The van der Waals surface area contributed by atoms with Crippen LogP contribution in [-0.2, 0) is 0 Å². The molecule has 3 atom stereocenters. The van der Waals surface area contributed by atoms with Gasteiger partial charge in [-0.25, -0.2) is 0 Å². The van der Waals surface area contributed by atoms with E-state index in [-0.39, 0.29) is 0 Å². The normalized spacial score (nSPS) is 30.0. The summed E-state index contributed by atoms with van der Waals surface area (Å²) < 4.78 is 0. The molecule has 0 radical (unpaired) electrons. The number of hydrogen-bond donors (Lipinski definition) is 0. The lowest BCUT2D eigenvalue weighted by Gasteiger charge is -2.44. The van der Waals surface area contributed by atoms with Gasteiger partial charge in [0.1, 0.15) is 0 Å². The molecule has 0 nitrogen and oxygen atoms in total. The van der Waals surface area contributed by atoms with Gasteiger partial charge in [-0.1, -0.05) is 57.4 Å². The van der Waals surface area contributed by atoms with Crippen LogP contribution < -0.4 is 0 Å². The molecule has 0 saturated heterocycles. The van der Waals surface area contributed by atoms with Crippen molar-refractivity contribution in [3.05, 3.63) is 51.7 Å². The summed E-state index contributed by atoms with van der Waals surface area (Å²) in [4.78, 5) is 0. The molecule has 0 N–H and O–H groups in total. The third-order valence-electron chi connectivity index (χ3n) is 7.04. The van der Waals surface area contributed by atoms with Crippen molar-refractivity contribution in [2.75, 3.05) is 0 Å². The van der Waals surface area contributed by atoms with Gasteiger partial charge in [-0.05, 0) is 90.7 Å². The van der Waals surface area contributed by atoms with Crippen LogP contribution in [0.5, 0.6) is 0 Å². The number of rotatable bonds is 2. The summed E-state index contributed by atoms with van der Waals surface area (Å²) in [6.45, 7) is 24.0. The summed E-state index contributed by atoms with van der Waals surface area (Å²) in [6.07, 6.45) is 3.98. The van der Waals surface area contributed by atoms with Crippen molar-refractivity contribution >= 4 is 13.6 Å². The number of hydrogen-bond acceptors (Lipinski definition) is 0. The molecule has 0 heterocycles. The quantitative estimate of drug-likeness (QED) is 0.491. The molecular formula is C24H36Si. The fraction of sp³-hybridized carbons (Fsp3) is 0.583. The topological polar surface area (TPSA) is 0 Å². The van der Waals surface area contributed by atoms with E-state index in [1.165, 1.54) is 47.1 Å². The second-order valence-electron chi connectivity index (χ2n) is 10.3. The summed E-state index contributed by atoms with van der Waals surface area (Å²) in [5.74, 6) is 1.50. The lowest BCUT2D eigenvalue weighted by molar-refractivity contribution is 0.256. The predicted molar refractivity (Wildman–Crippen MR) is 115 cm³/mol. The van der Waals surface area contributed by atoms with Crippen molar-refractivity contribution in [1.82, 2.24) is 0 Å². The lowest BCUT2D eigenvalue weighted by atomic mass is 9.67. The van der Waals surface area contributed by atoms with E-state index < -0.39 is 8.07 Å². The molecule has 0 unspecified atom stereocenters. The van der Waals surface area contributed by atoms with Crippen LogP contribution in [0.1, 0.15) is 55.4 Å². The third-order valence-corrected chi connectivity index (χ3v) is 9.28. The Kier molecular flexibility index (Phi) is 4.47. The summed E-state index contributed by atoms with van der Waals surface area (Å²) in [6, 6.07) is 4.84. The van der Waals surface area contributed by atoms with Gasteiger partial charge in [0.2, 0.25) is 0 Å². The molecule has 136 valence electrons. The second kappa shape index (κ2) is 5.98. The SMILES string of the molecule is C=C1C(c2cc(C)c(C)c(C)c2)=C([Si](C)(C)C)C[C@@]2(C)C[C@@H](C)C[C@H]12. The Labute approximate surface area is 156 Å². The van der Waals surface area contributed by atoms with Crippen LogP contribution in [0.2, 0.25) is 19.6 Å². The minimum atomic E-state index is -1.40. The second-order valence-corrected chi connectivity index (χ2v) is 15.4. The molecule has 0 bridgehead atoms. The highest BCUT2D eigenvalue weighted by Gasteiger charge is 2.49. The monoisotopic (exact) mass is 352 g/mol. The Morgan fingerprint density at radius 1 is 1.08 bits per heavy atom. The fourth-order valence-electron chi connectivity index (χ4n) is 5.51. The molecule has 3 rings (SSSR count). The first kappa shape index (κ1) is 18.7. The summed E-state index contributed by atoms with van der Waals surface area (Å²) >= 11 is 0. The van der Waals surface area contributed by atoms with Crippen molar-refractivity contribution in [2.45, 2.75) is 73.5 Å². The molecule has 2 aliphatic carbocycles. The number of benzene rings is 1. The molecular weight excluding hydrogens is 316 g/mol. The van der Waals surface area contributed by atoms with E-state index in [9.17, 15) is 0 Å². The zero-order chi connectivity index (χ0) is 18.7. The molecule has 1 fully saturated rings. The van der Waals surface area contributed by atoms with Crippen molar-refractivity contribution in [2.24, 2.45) is 17.3 Å². The average molecular weight is 353 g/mol. The molecule has 0 aromatic heterocycles. The van der Waals surface area contributed by atoms with Gasteiger partial charge in [0.05, 0.1) is 8.07 Å². The first-order chi connectivity index (χ1) is 11.4. The molecule has 25 heavy (non-hydrogen) atoms. The Morgan fingerprint density at radius 2 is 1.64 bits per heavy atom. The smallest absolute Gasteiger partial charge is 0.0732 e. The van der Waals surface area contributed by atoms with E-state index in [1.807, 2.05) is 0 Å². The van der Waals surface area contributed by atoms with Gasteiger partial charge in [-0.15, -0.1) is 0 Å². The summed E-state index contributed by atoms with van der Waals surface area (Å²) in [5, 5.41) is 1.76. The minimum absolute atomic E-state index is 0.435. The zero-order valence-corrected chi connectivity index (χ0v) is 18.6. The summed E-state index contributed by atoms with van der Waals surface area (Å²) in [5.41, 5.74) is 9.12. The van der Waals surface area contributed by atoms with E-state index in [1.54, 1.807) is 10.8 Å². The van der Waals surface area contributed by atoms with E-state index in [0.29, 0.717) is 11.3 Å². The third kappa shape index (κ3) is 3.10. The van der Waals surface area contributed by atoms with E-state index in [4.69, 9.17) is 6.58 Å². The van der Waals surface area contributed by atoms with Crippen LogP contribution >= 0.6 is 0 Å². The Morgan fingerprint density at radius 3 is 2.16 bits per heavy atom. The lowest BCUT2D eigenvalue weighted by Crippen LogP contribution is -2.37. The van der Waals surface area contributed by atoms with Crippen LogP contribution in [0.25, 0.3) is 5.57 Å². The fourth-order valence-corrected chi connectivity index (χ4v) is 7.50. The van der Waals surface area contributed by atoms with Gasteiger partial charge in [-0.2, -0.15) is 0 Å². The van der Waals surface area contributed by atoms with Gasteiger partial charge >= 0.3 is 0 Å². The van der Waals surface area contributed by atoms with Crippen LogP contribution in [-0.4, -0.2) is 8.07 Å². The van der Waals surface area contributed by atoms with Crippen molar-refractivity contribution in [1.29, 1.82) is 0 Å². The highest BCUT2D eigenvalue weighted by Crippen LogP contribution is 2.60. The van der Waals surface area contributed by atoms with E-state index in [0.717, 1.165) is 5.92 Å². The average Bonchev–Trinajstić information content (AvgIpc) is 2.78. The van der Waals surface area contributed by atoms with Crippen LogP contribution in [0.3, 0.4) is 0 Å². The van der Waals surface area contributed by atoms with Gasteiger partial charge in [0.15, 0.2) is 0 Å². The Hall–Kier alpha value is -1.08. The van der Waals surface area contributed by atoms with Gasteiger partial charge in [-0.3, -0.25) is 0 Å². The van der Waals surface area contributed by atoms with E-state index >= 15 is 0 Å². The molecule has 2 aliphatic rings. The summed E-state index contributed by atoms with van der Waals surface area (Å²) in [7, 11) is -1.40. The van der Waals surface area contributed by atoms with Gasteiger partial charge in [0, 0.05) is 0 Å². The molecule has 0 aliphatic heterocycles. The molecule has 1 aromatic carbocycles. The predicted octanol–water partition coefficient (Wildman–Crippen LogP) is 7.26. The van der Waals surface area contributed by atoms with Crippen molar-refractivity contribution < 1.29 is 0 Å². The van der Waals surface area contributed by atoms with Crippen LogP contribution in [0.15, 0.2) is 29.5 Å². The first-order valence-corrected chi connectivity index (χ1v) is 13.4. The molecule has 1 aromatic rings. The highest BCUT2D eigenvalue weighted by atomic mass is 28.3. The standard InChI is InChI=1S/C24H36Si/c1-15-10-21-19(5)23(20-11-16(2)18(4)17(3)12-20)22(25(7,8)9)14-24(21,6)13-15/h11-12,15,21H,5,10,13-14H2,1-4,6-9H3/t15-,21+,24+/m0/s1. The minimum Gasteiger partial charge on any atom is -0.0949 e. The molecule has 1 heteroatoms. The molecule has 1 saturated carbocycles. The first-order valence-electron chi connectivity index (χ1n) is 9.95. The number of allylic oxidation sites excluding steroid dienone is 3. The van der Waals surface area contributed by atoms with E-state index in [2.05, 4.69) is 66.4 Å². The number of aryl methyl sites for hydroxylation is 2. The Balaban J connectivity index is 2.23. The zero-order valence-electron chi connectivity index (χ0n) is 17.6. The maximum absolute atomic E-state index is 4.70. The maximum Gasteiger partial charge on any atom is 0.0732 e. The highest BCUT2D eigenvalue weighted by molar-refractivity contribution is 6.84. The van der Waals surface area contributed by atoms with Crippen LogP contribution in [0.4, 0.5) is 0 Å². The molecule has 0 spiro atoms. The molecule has 0 amide bonds. The van der Waals surface area contributed by atoms with Crippen molar-refractivity contribution in [3.8, 4) is 0 Å². The largest absolute Gasteiger partial charge is 0.0949 e. The van der Waals surface area contributed by atoms with Gasteiger partial charge in [0.25, 0.3) is 0 Å².